The first-order valence-electron chi connectivity index (χ1n) is 7.62. The van der Waals surface area contributed by atoms with Crippen LogP contribution in [0.25, 0.3) is 6.08 Å². The van der Waals surface area contributed by atoms with Crippen LogP contribution in [-0.2, 0) is 11.3 Å². The summed E-state index contributed by atoms with van der Waals surface area (Å²) in [6.45, 7) is 2.22. The lowest BCUT2D eigenvalue weighted by atomic mass is 10.1. The van der Waals surface area contributed by atoms with E-state index >= 15 is 0 Å². The van der Waals surface area contributed by atoms with E-state index in [1.807, 2.05) is 49.4 Å². The Morgan fingerprint density at radius 1 is 1.20 bits per heavy atom. The van der Waals surface area contributed by atoms with Gasteiger partial charge in [-0.2, -0.15) is 0 Å². The second kappa shape index (κ2) is 7.45. The van der Waals surface area contributed by atoms with Gasteiger partial charge in [0.1, 0.15) is 5.75 Å². The van der Waals surface area contributed by atoms with Crippen LogP contribution in [0.3, 0.4) is 0 Å². The Hall–Kier alpha value is -2.05. The lowest BCUT2D eigenvalue weighted by molar-refractivity contribution is -0.123. The zero-order chi connectivity index (χ0) is 18.0. The number of halogens is 1. The molecule has 0 N–H and O–H groups in total. The summed E-state index contributed by atoms with van der Waals surface area (Å²) >= 11 is 4.36. The van der Waals surface area contributed by atoms with Gasteiger partial charge in [-0.05, 0) is 59.7 Å². The van der Waals surface area contributed by atoms with Crippen molar-refractivity contribution in [1.82, 2.24) is 4.90 Å². The van der Waals surface area contributed by atoms with E-state index in [0.717, 1.165) is 38.7 Å². The molecule has 1 aliphatic heterocycles. The summed E-state index contributed by atoms with van der Waals surface area (Å²) in [7, 11) is 1.61. The van der Waals surface area contributed by atoms with Crippen molar-refractivity contribution in [2.24, 2.45) is 0 Å². The first-order valence-corrected chi connectivity index (χ1v) is 9.23. The van der Waals surface area contributed by atoms with E-state index in [1.54, 1.807) is 13.2 Å². The number of rotatable bonds is 4. The predicted octanol–water partition coefficient (Wildman–Crippen LogP) is 5.00. The number of imide groups is 1. The molecule has 128 valence electrons. The molecule has 0 unspecified atom stereocenters. The molecule has 1 saturated heterocycles. The molecule has 0 aromatic heterocycles. The molecule has 1 fully saturated rings. The Balaban J connectivity index is 1.83. The SMILES string of the molecule is COc1cc(/C=C2/SC(=O)N(Cc3cccc(Br)c3)C2=O)ccc1C. The van der Waals surface area contributed by atoms with E-state index in [9.17, 15) is 9.59 Å². The van der Waals surface area contributed by atoms with E-state index in [4.69, 9.17) is 4.74 Å². The van der Waals surface area contributed by atoms with E-state index in [0.29, 0.717) is 4.91 Å². The smallest absolute Gasteiger partial charge is 0.293 e. The topological polar surface area (TPSA) is 46.6 Å². The van der Waals surface area contributed by atoms with Gasteiger partial charge in [0.15, 0.2) is 0 Å². The van der Waals surface area contributed by atoms with Crippen LogP contribution in [-0.4, -0.2) is 23.2 Å². The zero-order valence-electron chi connectivity index (χ0n) is 13.8. The van der Waals surface area contributed by atoms with Crippen molar-refractivity contribution in [3.63, 3.8) is 0 Å². The average Bonchev–Trinajstić information content (AvgIpc) is 2.84. The minimum Gasteiger partial charge on any atom is -0.496 e. The normalized spacial score (nSPS) is 16.0. The summed E-state index contributed by atoms with van der Waals surface area (Å²) in [6, 6.07) is 13.3. The van der Waals surface area contributed by atoms with Crippen LogP contribution in [0.5, 0.6) is 5.75 Å². The van der Waals surface area contributed by atoms with E-state index in [-0.39, 0.29) is 17.7 Å². The molecule has 2 amide bonds. The quantitative estimate of drug-likeness (QED) is 0.656. The van der Waals surface area contributed by atoms with Crippen molar-refractivity contribution in [1.29, 1.82) is 0 Å². The van der Waals surface area contributed by atoms with Gasteiger partial charge < -0.3 is 4.74 Å². The molecule has 1 aliphatic rings. The first kappa shape index (κ1) is 17.8. The number of carbonyl (C=O) groups excluding carboxylic acids is 2. The van der Waals surface area contributed by atoms with Gasteiger partial charge in [-0.1, -0.05) is 40.2 Å². The highest BCUT2D eigenvalue weighted by molar-refractivity contribution is 9.10. The number of thioether (sulfide) groups is 1. The van der Waals surface area contributed by atoms with Crippen LogP contribution >= 0.6 is 27.7 Å². The third kappa shape index (κ3) is 3.96. The van der Waals surface area contributed by atoms with Crippen molar-refractivity contribution in [3.8, 4) is 5.75 Å². The monoisotopic (exact) mass is 417 g/mol. The van der Waals surface area contributed by atoms with Gasteiger partial charge in [0.2, 0.25) is 0 Å². The molecular weight excluding hydrogens is 402 g/mol. The first-order chi connectivity index (χ1) is 12.0. The number of methoxy groups -OCH3 is 1. The van der Waals surface area contributed by atoms with Crippen LogP contribution in [0.2, 0.25) is 0 Å². The molecular formula is C19H16BrNO3S. The number of amides is 2. The molecule has 3 rings (SSSR count). The van der Waals surface area contributed by atoms with Gasteiger partial charge in [-0.25, -0.2) is 0 Å². The minimum atomic E-state index is -0.269. The van der Waals surface area contributed by atoms with Crippen LogP contribution < -0.4 is 4.74 Å². The number of aryl methyl sites for hydroxylation is 1. The standard InChI is InChI=1S/C19H16BrNO3S/c1-12-6-7-13(9-16(12)24-2)10-17-18(22)21(19(23)25-17)11-14-4-3-5-15(20)8-14/h3-10H,11H2,1-2H3/b17-10+. The summed E-state index contributed by atoms with van der Waals surface area (Å²) < 4.78 is 6.22. The maximum atomic E-state index is 12.6. The number of hydrogen-bond acceptors (Lipinski definition) is 4. The Bertz CT molecular complexity index is 879. The summed E-state index contributed by atoms with van der Waals surface area (Å²) in [4.78, 5) is 26.5. The largest absolute Gasteiger partial charge is 0.496 e. The molecule has 0 bridgehead atoms. The molecule has 0 aliphatic carbocycles. The number of ether oxygens (including phenoxy) is 1. The van der Waals surface area contributed by atoms with Gasteiger partial charge in [0.25, 0.3) is 11.1 Å². The van der Waals surface area contributed by atoms with E-state index in [2.05, 4.69) is 15.9 Å². The fourth-order valence-electron chi connectivity index (χ4n) is 2.53. The average molecular weight is 418 g/mol. The summed E-state index contributed by atoms with van der Waals surface area (Å²) in [5.41, 5.74) is 2.74. The zero-order valence-corrected chi connectivity index (χ0v) is 16.2. The minimum absolute atomic E-state index is 0.254. The van der Waals surface area contributed by atoms with Crippen LogP contribution in [0.15, 0.2) is 51.8 Å². The molecule has 0 atom stereocenters. The third-order valence-electron chi connectivity index (χ3n) is 3.83. The molecule has 0 radical (unpaired) electrons. The van der Waals surface area contributed by atoms with Crippen LogP contribution in [0.4, 0.5) is 4.79 Å². The van der Waals surface area contributed by atoms with Gasteiger partial charge >= 0.3 is 0 Å². The van der Waals surface area contributed by atoms with Crippen LogP contribution in [0, 0.1) is 6.92 Å². The van der Waals surface area contributed by atoms with Crippen molar-refractivity contribution < 1.29 is 14.3 Å². The van der Waals surface area contributed by atoms with Gasteiger partial charge in [0, 0.05) is 4.47 Å². The van der Waals surface area contributed by atoms with Crippen molar-refractivity contribution in [3.05, 3.63) is 68.5 Å². The molecule has 2 aromatic carbocycles. The number of benzene rings is 2. The third-order valence-corrected chi connectivity index (χ3v) is 5.23. The maximum absolute atomic E-state index is 12.6. The summed E-state index contributed by atoms with van der Waals surface area (Å²) in [6.07, 6.45) is 1.73. The maximum Gasteiger partial charge on any atom is 0.293 e. The highest BCUT2D eigenvalue weighted by Crippen LogP contribution is 2.34. The molecule has 0 saturated carbocycles. The Morgan fingerprint density at radius 2 is 2.00 bits per heavy atom. The summed E-state index contributed by atoms with van der Waals surface area (Å²) in [5, 5.41) is -0.254. The van der Waals surface area contributed by atoms with E-state index < -0.39 is 0 Å². The second-order valence-corrected chi connectivity index (χ2v) is 7.54. The Morgan fingerprint density at radius 3 is 2.72 bits per heavy atom. The summed E-state index contributed by atoms with van der Waals surface area (Å²) in [5.74, 6) is 0.483. The van der Waals surface area contributed by atoms with Crippen molar-refractivity contribution in [2.75, 3.05) is 7.11 Å². The van der Waals surface area contributed by atoms with Gasteiger partial charge in [-0.3, -0.25) is 14.5 Å². The highest BCUT2D eigenvalue weighted by atomic mass is 79.9. The van der Waals surface area contributed by atoms with Crippen molar-refractivity contribution >= 4 is 44.9 Å². The van der Waals surface area contributed by atoms with Crippen molar-refractivity contribution in [2.45, 2.75) is 13.5 Å². The Labute approximate surface area is 159 Å². The molecule has 2 aromatic rings. The fraction of sp³-hybridized carbons (Fsp3) is 0.158. The number of nitrogens with zero attached hydrogens (tertiary/aromatic N) is 1. The molecule has 0 spiro atoms. The van der Waals surface area contributed by atoms with Crippen LogP contribution in [0.1, 0.15) is 16.7 Å². The van der Waals surface area contributed by atoms with Gasteiger partial charge in [0.05, 0.1) is 18.6 Å². The van der Waals surface area contributed by atoms with Gasteiger partial charge in [-0.15, -0.1) is 0 Å². The fourth-order valence-corrected chi connectivity index (χ4v) is 3.82. The Kier molecular flexibility index (Phi) is 5.30. The number of hydrogen-bond donors (Lipinski definition) is 0. The molecule has 4 nitrogen and oxygen atoms in total. The predicted molar refractivity (Wildman–Crippen MR) is 103 cm³/mol. The second-order valence-electron chi connectivity index (χ2n) is 5.63. The molecule has 1 heterocycles. The lowest BCUT2D eigenvalue weighted by Crippen LogP contribution is -2.27. The molecule has 6 heteroatoms. The van der Waals surface area contributed by atoms with E-state index in [1.165, 1.54) is 4.90 Å². The lowest BCUT2D eigenvalue weighted by Gasteiger charge is -2.12. The number of carbonyl (C=O) groups is 2. The highest BCUT2D eigenvalue weighted by Gasteiger charge is 2.35. The molecule has 25 heavy (non-hydrogen) atoms.